The first-order valence-corrected chi connectivity index (χ1v) is 7.38. The van der Waals surface area contributed by atoms with E-state index < -0.39 is 0 Å². The number of tetrazole rings is 1. The van der Waals surface area contributed by atoms with Crippen LogP contribution in [0.15, 0.2) is 30.3 Å². The molecule has 1 heterocycles. The average molecular weight is 289 g/mol. The SMILES string of the molecule is CN(CCCCCO)Cc1nnnn1Cc1ccccc1. The van der Waals surface area contributed by atoms with Crippen molar-refractivity contribution in [1.82, 2.24) is 25.1 Å². The molecule has 0 aliphatic rings. The van der Waals surface area contributed by atoms with E-state index in [0.29, 0.717) is 6.54 Å². The molecule has 0 bridgehead atoms. The second-order valence-corrected chi connectivity index (χ2v) is 5.26. The second kappa shape index (κ2) is 8.49. The van der Waals surface area contributed by atoms with Gasteiger partial charge in [-0.15, -0.1) is 5.10 Å². The van der Waals surface area contributed by atoms with Crippen molar-refractivity contribution < 1.29 is 5.11 Å². The zero-order chi connectivity index (χ0) is 14.9. The van der Waals surface area contributed by atoms with E-state index in [0.717, 1.165) is 38.2 Å². The van der Waals surface area contributed by atoms with Crippen molar-refractivity contribution in [3.8, 4) is 0 Å². The highest BCUT2D eigenvalue weighted by Crippen LogP contribution is 2.05. The number of aromatic nitrogens is 4. The highest BCUT2D eigenvalue weighted by molar-refractivity contribution is 5.14. The van der Waals surface area contributed by atoms with Crippen LogP contribution in [0, 0.1) is 0 Å². The Morgan fingerprint density at radius 2 is 1.95 bits per heavy atom. The lowest BCUT2D eigenvalue weighted by Gasteiger charge is -2.15. The summed E-state index contributed by atoms with van der Waals surface area (Å²) in [4.78, 5) is 2.21. The predicted octanol–water partition coefficient (Wildman–Crippen LogP) is 1.32. The first-order valence-electron chi connectivity index (χ1n) is 7.38. The van der Waals surface area contributed by atoms with Gasteiger partial charge in [0.2, 0.25) is 0 Å². The number of nitrogens with zero attached hydrogens (tertiary/aromatic N) is 5. The van der Waals surface area contributed by atoms with E-state index in [1.807, 2.05) is 22.9 Å². The molecule has 0 fully saturated rings. The molecular weight excluding hydrogens is 266 g/mol. The maximum atomic E-state index is 8.77. The number of unbranched alkanes of at least 4 members (excludes halogenated alkanes) is 2. The molecule has 1 aromatic carbocycles. The number of hydrogen-bond donors (Lipinski definition) is 1. The Hall–Kier alpha value is -1.79. The minimum absolute atomic E-state index is 0.277. The second-order valence-electron chi connectivity index (χ2n) is 5.26. The molecule has 21 heavy (non-hydrogen) atoms. The first-order chi connectivity index (χ1) is 10.3. The summed E-state index contributed by atoms with van der Waals surface area (Å²) in [6.45, 7) is 2.69. The third kappa shape index (κ3) is 5.24. The fourth-order valence-electron chi connectivity index (χ4n) is 2.21. The van der Waals surface area contributed by atoms with Gasteiger partial charge in [0.25, 0.3) is 0 Å². The number of benzene rings is 1. The van der Waals surface area contributed by atoms with E-state index in [-0.39, 0.29) is 6.61 Å². The molecular formula is C15H23N5O. The molecule has 0 saturated heterocycles. The Labute approximate surface area is 125 Å². The van der Waals surface area contributed by atoms with Crippen molar-refractivity contribution in [2.45, 2.75) is 32.4 Å². The summed E-state index contributed by atoms with van der Waals surface area (Å²) in [5.74, 6) is 0.878. The quantitative estimate of drug-likeness (QED) is 0.705. The zero-order valence-electron chi connectivity index (χ0n) is 12.5. The summed E-state index contributed by atoms with van der Waals surface area (Å²) in [5, 5.41) is 20.7. The molecule has 2 rings (SSSR count). The van der Waals surface area contributed by atoms with Gasteiger partial charge in [0.05, 0.1) is 13.1 Å². The van der Waals surface area contributed by atoms with Crippen molar-refractivity contribution in [3.63, 3.8) is 0 Å². The standard InChI is InChI=1S/C15H23N5O/c1-19(10-6-3-7-11-21)13-15-16-17-18-20(15)12-14-8-4-2-5-9-14/h2,4-5,8-9,21H,3,6-7,10-13H2,1H3. The topological polar surface area (TPSA) is 67.1 Å². The summed E-state index contributed by atoms with van der Waals surface area (Å²) in [5.41, 5.74) is 1.19. The highest BCUT2D eigenvalue weighted by atomic mass is 16.2. The highest BCUT2D eigenvalue weighted by Gasteiger charge is 2.09. The van der Waals surface area contributed by atoms with Gasteiger partial charge in [-0.1, -0.05) is 30.3 Å². The largest absolute Gasteiger partial charge is 0.396 e. The average Bonchev–Trinajstić information content (AvgIpc) is 2.92. The van der Waals surface area contributed by atoms with Gasteiger partial charge in [0.15, 0.2) is 5.82 Å². The van der Waals surface area contributed by atoms with Crippen LogP contribution in [-0.4, -0.2) is 50.4 Å². The maximum absolute atomic E-state index is 8.77. The van der Waals surface area contributed by atoms with Crippen molar-refractivity contribution >= 4 is 0 Å². The smallest absolute Gasteiger partial charge is 0.165 e. The molecule has 0 atom stereocenters. The molecule has 0 spiro atoms. The first kappa shape index (κ1) is 15.6. The van der Waals surface area contributed by atoms with Gasteiger partial charge < -0.3 is 5.11 Å². The molecule has 0 unspecified atom stereocenters. The monoisotopic (exact) mass is 289 g/mol. The normalized spacial score (nSPS) is 11.2. The van der Waals surface area contributed by atoms with Crippen LogP contribution in [0.25, 0.3) is 0 Å². The Kier molecular flexibility index (Phi) is 6.30. The van der Waals surface area contributed by atoms with Crippen LogP contribution in [0.1, 0.15) is 30.7 Å². The fourth-order valence-corrected chi connectivity index (χ4v) is 2.21. The lowest BCUT2D eigenvalue weighted by molar-refractivity contribution is 0.268. The Morgan fingerprint density at radius 1 is 1.14 bits per heavy atom. The van der Waals surface area contributed by atoms with Crippen LogP contribution in [-0.2, 0) is 13.1 Å². The molecule has 1 aromatic heterocycles. The molecule has 0 aliphatic carbocycles. The molecule has 2 aromatic rings. The minimum atomic E-state index is 0.277. The fraction of sp³-hybridized carbons (Fsp3) is 0.533. The lowest BCUT2D eigenvalue weighted by atomic mass is 10.2. The van der Waals surface area contributed by atoms with Gasteiger partial charge in [-0.25, -0.2) is 4.68 Å². The maximum Gasteiger partial charge on any atom is 0.165 e. The number of rotatable bonds is 9. The van der Waals surface area contributed by atoms with E-state index in [1.54, 1.807) is 0 Å². The molecule has 0 radical (unpaired) electrons. The van der Waals surface area contributed by atoms with Crippen molar-refractivity contribution in [2.75, 3.05) is 20.2 Å². The van der Waals surface area contributed by atoms with E-state index in [9.17, 15) is 0 Å². The van der Waals surface area contributed by atoms with Gasteiger partial charge >= 0.3 is 0 Å². The number of aliphatic hydroxyl groups excluding tert-OH is 1. The lowest BCUT2D eigenvalue weighted by Crippen LogP contribution is -2.22. The van der Waals surface area contributed by atoms with Gasteiger partial charge in [0.1, 0.15) is 0 Å². The molecule has 6 nitrogen and oxygen atoms in total. The third-order valence-corrected chi connectivity index (χ3v) is 3.39. The van der Waals surface area contributed by atoms with Crippen LogP contribution in [0.2, 0.25) is 0 Å². The molecule has 0 saturated carbocycles. The van der Waals surface area contributed by atoms with E-state index in [4.69, 9.17) is 5.11 Å². The molecule has 1 N–H and O–H groups in total. The number of aliphatic hydroxyl groups is 1. The predicted molar refractivity (Wildman–Crippen MR) is 80.6 cm³/mol. The molecule has 0 aliphatic heterocycles. The van der Waals surface area contributed by atoms with Crippen LogP contribution >= 0.6 is 0 Å². The third-order valence-electron chi connectivity index (χ3n) is 3.39. The van der Waals surface area contributed by atoms with Crippen LogP contribution in [0.4, 0.5) is 0 Å². The van der Waals surface area contributed by atoms with Crippen molar-refractivity contribution in [1.29, 1.82) is 0 Å². The van der Waals surface area contributed by atoms with Crippen LogP contribution in [0.5, 0.6) is 0 Å². The van der Waals surface area contributed by atoms with E-state index >= 15 is 0 Å². The van der Waals surface area contributed by atoms with Crippen LogP contribution in [0.3, 0.4) is 0 Å². The van der Waals surface area contributed by atoms with Crippen molar-refractivity contribution in [2.24, 2.45) is 0 Å². The van der Waals surface area contributed by atoms with Gasteiger partial charge in [0, 0.05) is 6.61 Å². The molecule has 0 amide bonds. The Morgan fingerprint density at radius 3 is 2.71 bits per heavy atom. The summed E-state index contributed by atoms with van der Waals surface area (Å²) < 4.78 is 1.85. The van der Waals surface area contributed by atoms with Crippen LogP contribution < -0.4 is 0 Å². The van der Waals surface area contributed by atoms with E-state index in [1.165, 1.54) is 5.56 Å². The van der Waals surface area contributed by atoms with E-state index in [2.05, 4.69) is 39.6 Å². The molecule has 6 heteroatoms. The minimum Gasteiger partial charge on any atom is -0.396 e. The number of hydrogen-bond acceptors (Lipinski definition) is 5. The summed E-state index contributed by atoms with van der Waals surface area (Å²) in [6.07, 6.45) is 3.01. The summed E-state index contributed by atoms with van der Waals surface area (Å²) >= 11 is 0. The summed E-state index contributed by atoms with van der Waals surface area (Å²) in [6, 6.07) is 10.2. The van der Waals surface area contributed by atoms with Gasteiger partial charge in [-0.05, 0) is 48.8 Å². The molecule has 114 valence electrons. The Balaban J connectivity index is 1.85. The Bertz CT molecular complexity index is 514. The van der Waals surface area contributed by atoms with Gasteiger partial charge in [-0.3, -0.25) is 4.90 Å². The zero-order valence-corrected chi connectivity index (χ0v) is 12.5. The van der Waals surface area contributed by atoms with Gasteiger partial charge in [-0.2, -0.15) is 0 Å². The summed E-state index contributed by atoms with van der Waals surface area (Å²) in [7, 11) is 2.07. The van der Waals surface area contributed by atoms with Crippen molar-refractivity contribution in [3.05, 3.63) is 41.7 Å².